The van der Waals surface area contributed by atoms with Gasteiger partial charge in [0.2, 0.25) is 0 Å². The van der Waals surface area contributed by atoms with Crippen molar-refractivity contribution in [2.24, 2.45) is 0 Å². The molecule has 0 fully saturated rings. The third kappa shape index (κ3) is 3.43. The molecule has 1 heterocycles. The van der Waals surface area contributed by atoms with Gasteiger partial charge in [0.1, 0.15) is 21.2 Å². The molecule has 0 atom stereocenters. The van der Waals surface area contributed by atoms with E-state index in [1.165, 1.54) is 12.1 Å². The minimum absolute atomic E-state index is 0. The molecule has 0 bridgehead atoms. The van der Waals surface area contributed by atoms with Crippen molar-refractivity contribution in [3.05, 3.63) is 18.2 Å². The van der Waals surface area contributed by atoms with E-state index in [1.807, 2.05) is 0 Å². The number of nitrogens with one attached hydrogen (secondary N) is 1. The Hall–Kier alpha value is 0.907. The molecule has 1 aromatic carbocycles. The molecule has 2 aromatic rings. The number of hydrogen-bond acceptors (Lipinski definition) is 5. The molecular formula is C6H5AgKN3O3S. The topological polar surface area (TPSA) is 98.8 Å². The summed E-state index contributed by atoms with van der Waals surface area (Å²) in [6.07, 6.45) is 0. The largest absolute Gasteiger partial charge is 1.00 e. The van der Waals surface area contributed by atoms with Crippen LogP contribution in [0.1, 0.15) is 1.43 Å². The third-order valence-corrected chi connectivity index (χ3v) is 2.45. The molecule has 9 heteroatoms. The molecule has 0 radical (unpaired) electrons. The van der Waals surface area contributed by atoms with Crippen molar-refractivity contribution in [2.75, 3.05) is 0 Å². The molecule has 0 amide bonds. The summed E-state index contributed by atoms with van der Waals surface area (Å²) in [6, 6.07) is 4.20. The number of aromatic amines is 1. The fraction of sp³-hybridized carbons (Fsp3) is 0. The van der Waals surface area contributed by atoms with Gasteiger partial charge in [-0.15, -0.1) is 0 Å². The van der Waals surface area contributed by atoms with Crippen LogP contribution in [0.5, 0.6) is 0 Å². The molecular weight excluding hydrogens is 341 g/mol. The second kappa shape index (κ2) is 6.01. The molecule has 0 saturated carbocycles. The predicted octanol–water partition coefficient (Wildman–Crippen LogP) is -3.02. The second-order valence-corrected chi connectivity index (χ2v) is 3.75. The first-order chi connectivity index (χ1) is 6.09. The number of para-hydroxylation sites is 1. The Bertz CT molecular complexity index is 561. The van der Waals surface area contributed by atoms with E-state index >= 15 is 0 Å². The summed E-state index contributed by atoms with van der Waals surface area (Å²) in [6.45, 7) is 0. The zero-order valence-corrected chi connectivity index (χ0v) is 13.0. The van der Waals surface area contributed by atoms with Crippen LogP contribution in [0, 0.1) is 0 Å². The minimum Gasteiger partial charge on any atom is -1.00 e. The average Bonchev–Trinajstić information content (AvgIpc) is 2.48. The van der Waals surface area contributed by atoms with Crippen molar-refractivity contribution in [3.8, 4) is 0 Å². The van der Waals surface area contributed by atoms with E-state index in [-0.39, 0.29) is 85.6 Å². The summed E-state index contributed by atoms with van der Waals surface area (Å²) in [7, 11) is -4.47. The van der Waals surface area contributed by atoms with E-state index in [0.29, 0.717) is 5.52 Å². The van der Waals surface area contributed by atoms with Gasteiger partial charge in [0.25, 0.3) is 0 Å². The Balaban J connectivity index is 0. The molecule has 0 aliphatic carbocycles. The normalized spacial score (nSPS) is 10.5. The van der Waals surface area contributed by atoms with Crippen LogP contribution >= 0.6 is 0 Å². The van der Waals surface area contributed by atoms with Gasteiger partial charge in [-0.05, 0) is 12.1 Å². The zero-order valence-electron chi connectivity index (χ0n) is 8.56. The molecule has 1 aromatic heterocycles. The Morgan fingerprint density at radius 1 is 1.33 bits per heavy atom. The van der Waals surface area contributed by atoms with Crippen LogP contribution in [0.2, 0.25) is 0 Å². The summed E-state index contributed by atoms with van der Waals surface area (Å²) in [5, 5.41) is 9.47. The fourth-order valence-corrected chi connectivity index (χ4v) is 1.68. The van der Waals surface area contributed by atoms with Gasteiger partial charge < -0.3 is 5.98 Å². The SMILES string of the molecule is O=S(=O)([O-])c1cccc2n[nH]nc12.[Ag+].[H-].[K+]. The van der Waals surface area contributed by atoms with E-state index < -0.39 is 10.1 Å². The Morgan fingerprint density at radius 3 is 2.60 bits per heavy atom. The molecule has 6 nitrogen and oxygen atoms in total. The van der Waals surface area contributed by atoms with E-state index in [9.17, 15) is 13.0 Å². The average molecular weight is 346 g/mol. The van der Waals surface area contributed by atoms with Crippen molar-refractivity contribution in [3.63, 3.8) is 0 Å². The molecule has 1 N–H and O–H groups in total. The van der Waals surface area contributed by atoms with Gasteiger partial charge in [-0.1, -0.05) is 6.07 Å². The van der Waals surface area contributed by atoms with Gasteiger partial charge in [-0.2, -0.15) is 15.4 Å². The first-order valence-electron chi connectivity index (χ1n) is 3.34. The van der Waals surface area contributed by atoms with E-state index in [2.05, 4.69) is 15.4 Å². The summed E-state index contributed by atoms with van der Waals surface area (Å²) in [5.41, 5.74) is 0.439. The first-order valence-corrected chi connectivity index (χ1v) is 4.75. The number of H-pyrrole nitrogens is 1. The van der Waals surface area contributed by atoms with Crippen LogP contribution in [-0.4, -0.2) is 28.4 Å². The molecule has 0 saturated heterocycles. The minimum atomic E-state index is -4.47. The van der Waals surface area contributed by atoms with Gasteiger partial charge in [0, 0.05) is 0 Å². The molecule has 2 rings (SSSR count). The number of benzene rings is 1. The van der Waals surface area contributed by atoms with Crippen LogP contribution in [0.15, 0.2) is 23.1 Å². The summed E-state index contributed by atoms with van der Waals surface area (Å²) < 4.78 is 32.1. The molecule has 80 valence electrons. The smallest absolute Gasteiger partial charge is 1.00 e. The fourth-order valence-electron chi connectivity index (χ4n) is 1.04. The summed E-state index contributed by atoms with van der Waals surface area (Å²) in [4.78, 5) is -0.348. The standard InChI is InChI=1S/C6H5N3O3S.Ag.K.H/c10-13(11,12)5-3-1-2-4-6(5)8-9-7-4;;;/h1-3H,(H,7,8,9)(H,10,11,12);;;/q;2*+1;-1/p-1. The molecule has 0 aliphatic heterocycles. The van der Waals surface area contributed by atoms with Gasteiger partial charge in [-0.25, -0.2) is 8.42 Å². The maximum absolute atomic E-state index is 10.7. The number of rotatable bonds is 1. The van der Waals surface area contributed by atoms with Crippen molar-refractivity contribution < 1.29 is 88.2 Å². The first kappa shape index (κ1) is 15.9. The Kier molecular flexibility index (Phi) is 6.37. The number of hydrogen-bond donors (Lipinski definition) is 1. The monoisotopic (exact) mass is 345 g/mol. The maximum Gasteiger partial charge on any atom is 1.00 e. The number of fused-ring (bicyclic) bond motifs is 1. The molecule has 0 aliphatic rings. The van der Waals surface area contributed by atoms with E-state index in [0.717, 1.165) is 0 Å². The van der Waals surface area contributed by atoms with Gasteiger partial charge >= 0.3 is 73.8 Å². The van der Waals surface area contributed by atoms with Crippen LogP contribution < -0.4 is 51.4 Å². The Labute approximate surface area is 145 Å². The van der Waals surface area contributed by atoms with Gasteiger partial charge in [-0.3, -0.25) is 0 Å². The van der Waals surface area contributed by atoms with Crippen molar-refractivity contribution in [1.82, 2.24) is 15.4 Å². The Morgan fingerprint density at radius 2 is 2.00 bits per heavy atom. The van der Waals surface area contributed by atoms with Gasteiger partial charge in [0.15, 0.2) is 0 Å². The quantitative estimate of drug-likeness (QED) is 0.438. The second-order valence-electron chi connectivity index (χ2n) is 2.40. The summed E-state index contributed by atoms with van der Waals surface area (Å²) in [5.74, 6) is 0. The number of nitrogens with zero attached hydrogens (tertiary/aromatic N) is 2. The van der Waals surface area contributed by atoms with Crippen LogP contribution in [-0.2, 0) is 32.5 Å². The molecule has 0 spiro atoms. The van der Waals surface area contributed by atoms with E-state index in [1.54, 1.807) is 6.07 Å². The maximum atomic E-state index is 10.7. The number of aromatic nitrogens is 3. The van der Waals surface area contributed by atoms with Crippen molar-refractivity contribution in [1.29, 1.82) is 0 Å². The summed E-state index contributed by atoms with van der Waals surface area (Å²) >= 11 is 0. The van der Waals surface area contributed by atoms with Gasteiger partial charge in [0.05, 0.1) is 4.90 Å². The predicted molar refractivity (Wildman–Crippen MR) is 43.0 cm³/mol. The van der Waals surface area contributed by atoms with Crippen LogP contribution in [0.3, 0.4) is 0 Å². The molecule has 15 heavy (non-hydrogen) atoms. The third-order valence-electron chi connectivity index (χ3n) is 1.58. The van der Waals surface area contributed by atoms with Crippen LogP contribution in [0.25, 0.3) is 11.0 Å². The van der Waals surface area contributed by atoms with Crippen LogP contribution in [0.4, 0.5) is 0 Å². The zero-order chi connectivity index (χ0) is 9.47. The van der Waals surface area contributed by atoms with Crippen molar-refractivity contribution in [2.45, 2.75) is 4.90 Å². The van der Waals surface area contributed by atoms with E-state index in [4.69, 9.17) is 0 Å². The molecule has 0 unspecified atom stereocenters. The van der Waals surface area contributed by atoms with Crippen molar-refractivity contribution >= 4 is 21.2 Å².